The highest BCUT2D eigenvalue weighted by Gasteiger charge is 2.11. The number of tetrazole rings is 1. The second kappa shape index (κ2) is 6.35. The van der Waals surface area contributed by atoms with Gasteiger partial charge in [0.1, 0.15) is 5.82 Å². The highest BCUT2D eigenvalue weighted by Crippen LogP contribution is 2.09. The average molecular weight is 311 g/mol. The van der Waals surface area contributed by atoms with E-state index in [4.69, 9.17) is 0 Å². The van der Waals surface area contributed by atoms with Crippen molar-refractivity contribution in [2.24, 2.45) is 0 Å². The summed E-state index contributed by atoms with van der Waals surface area (Å²) in [6, 6.07) is 13.1. The summed E-state index contributed by atoms with van der Waals surface area (Å²) in [5, 5.41) is 14.1. The molecule has 2 aromatic carbocycles. The van der Waals surface area contributed by atoms with E-state index in [0.717, 1.165) is 5.56 Å². The first-order valence-electron chi connectivity index (χ1n) is 7.01. The lowest BCUT2D eigenvalue weighted by molar-refractivity contribution is 0.0949. The molecule has 7 heteroatoms. The molecule has 0 fully saturated rings. The van der Waals surface area contributed by atoms with Gasteiger partial charge in [0.2, 0.25) is 0 Å². The Morgan fingerprint density at radius 2 is 2.00 bits per heavy atom. The predicted molar refractivity (Wildman–Crippen MR) is 81.5 cm³/mol. The molecular weight excluding hydrogens is 297 g/mol. The summed E-state index contributed by atoms with van der Waals surface area (Å²) in [6.07, 6.45) is 0. The fourth-order valence-corrected chi connectivity index (χ4v) is 2.15. The van der Waals surface area contributed by atoms with Crippen LogP contribution >= 0.6 is 0 Å². The number of carbonyl (C=O) groups is 1. The molecule has 0 atom stereocenters. The summed E-state index contributed by atoms with van der Waals surface area (Å²) in [6.45, 7) is 2.09. The normalized spacial score (nSPS) is 10.5. The first kappa shape index (κ1) is 14.8. The molecule has 0 aliphatic heterocycles. The monoisotopic (exact) mass is 311 g/mol. The van der Waals surface area contributed by atoms with E-state index in [0.29, 0.717) is 17.1 Å². The van der Waals surface area contributed by atoms with Crippen LogP contribution in [0.1, 0.15) is 21.7 Å². The molecule has 0 radical (unpaired) electrons. The van der Waals surface area contributed by atoms with Crippen LogP contribution in [0.2, 0.25) is 0 Å². The fraction of sp³-hybridized carbons (Fsp3) is 0.125. The minimum absolute atomic E-state index is 0.164. The maximum absolute atomic E-state index is 13.0. The van der Waals surface area contributed by atoms with Crippen molar-refractivity contribution in [1.29, 1.82) is 0 Å². The predicted octanol–water partition coefficient (Wildman–Crippen LogP) is 2.04. The van der Waals surface area contributed by atoms with Crippen LogP contribution in [0.15, 0.2) is 48.5 Å². The van der Waals surface area contributed by atoms with Crippen molar-refractivity contribution in [3.8, 4) is 5.69 Å². The average Bonchev–Trinajstić information content (AvgIpc) is 3.02. The molecule has 0 bridgehead atoms. The van der Waals surface area contributed by atoms with Gasteiger partial charge in [-0.2, -0.15) is 4.68 Å². The highest BCUT2D eigenvalue weighted by atomic mass is 19.1. The van der Waals surface area contributed by atoms with Gasteiger partial charge in [0.05, 0.1) is 12.2 Å². The van der Waals surface area contributed by atoms with Gasteiger partial charge in [-0.3, -0.25) is 4.79 Å². The quantitative estimate of drug-likeness (QED) is 0.800. The Morgan fingerprint density at radius 3 is 2.74 bits per heavy atom. The molecule has 1 N–H and O–H groups in total. The standard InChI is InChI=1S/C16H14FN5O/c1-11-3-2-4-12(9-11)16(23)18-10-15-19-20-21-22(15)14-7-5-13(17)6-8-14/h2-9H,10H2,1H3,(H,18,23). The first-order chi connectivity index (χ1) is 11.1. The SMILES string of the molecule is Cc1cccc(C(=O)NCc2nnnn2-c2ccc(F)cc2)c1. The summed E-state index contributed by atoms with van der Waals surface area (Å²) in [5.74, 6) is -0.0870. The molecule has 0 saturated carbocycles. The van der Waals surface area contributed by atoms with E-state index in [-0.39, 0.29) is 18.3 Å². The minimum atomic E-state index is -0.337. The molecule has 0 spiro atoms. The number of benzene rings is 2. The number of amides is 1. The van der Waals surface area contributed by atoms with E-state index in [2.05, 4.69) is 20.8 Å². The van der Waals surface area contributed by atoms with Crippen molar-refractivity contribution < 1.29 is 9.18 Å². The Kier molecular flexibility index (Phi) is 4.09. The lowest BCUT2D eigenvalue weighted by atomic mass is 10.1. The summed E-state index contributed by atoms with van der Waals surface area (Å²) in [5.41, 5.74) is 2.20. The van der Waals surface area contributed by atoms with Crippen molar-refractivity contribution in [2.75, 3.05) is 0 Å². The van der Waals surface area contributed by atoms with Gasteiger partial charge >= 0.3 is 0 Å². The summed E-state index contributed by atoms with van der Waals surface area (Å²) < 4.78 is 14.4. The van der Waals surface area contributed by atoms with E-state index in [1.54, 1.807) is 24.3 Å². The topological polar surface area (TPSA) is 72.7 Å². The Labute approximate surface area is 132 Å². The van der Waals surface area contributed by atoms with Crippen molar-refractivity contribution >= 4 is 5.91 Å². The second-order valence-corrected chi connectivity index (χ2v) is 5.04. The Balaban J connectivity index is 1.73. The lowest BCUT2D eigenvalue weighted by Gasteiger charge is -2.07. The van der Waals surface area contributed by atoms with Gasteiger partial charge in [0, 0.05) is 5.56 Å². The number of nitrogens with zero attached hydrogens (tertiary/aromatic N) is 4. The van der Waals surface area contributed by atoms with E-state index in [1.165, 1.54) is 16.8 Å². The molecule has 1 amide bonds. The van der Waals surface area contributed by atoms with Gasteiger partial charge in [-0.1, -0.05) is 17.7 Å². The van der Waals surface area contributed by atoms with Crippen LogP contribution in [-0.2, 0) is 6.54 Å². The van der Waals surface area contributed by atoms with Crippen LogP contribution in [0.3, 0.4) is 0 Å². The smallest absolute Gasteiger partial charge is 0.251 e. The Hall–Kier alpha value is -3.09. The van der Waals surface area contributed by atoms with Crippen LogP contribution in [0.25, 0.3) is 5.69 Å². The summed E-state index contributed by atoms with van der Waals surface area (Å²) in [4.78, 5) is 12.1. The number of hydrogen-bond acceptors (Lipinski definition) is 4. The molecule has 116 valence electrons. The number of hydrogen-bond donors (Lipinski definition) is 1. The minimum Gasteiger partial charge on any atom is -0.345 e. The number of halogens is 1. The maximum Gasteiger partial charge on any atom is 0.251 e. The van der Waals surface area contributed by atoms with Crippen LogP contribution in [0.5, 0.6) is 0 Å². The molecule has 0 aliphatic rings. The largest absolute Gasteiger partial charge is 0.345 e. The molecule has 23 heavy (non-hydrogen) atoms. The van der Waals surface area contributed by atoms with Gasteiger partial charge in [-0.25, -0.2) is 4.39 Å². The Morgan fingerprint density at radius 1 is 1.22 bits per heavy atom. The van der Waals surface area contributed by atoms with Crippen LogP contribution in [0.4, 0.5) is 4.39 Å². The second-order valence-electron chi connectivity index (χ2n) is 5.04. The van der Waals surface area contributed by atoms with Gasteiger partial charge in [0.15, 0.2) is 5.82 Å². The van der Waals surface area contributed by atoms with Gasteiger partial charge < -0.3 is 5.32 Å². The van der Waals surface area contributed by atoms with Gasteiger partial charge in [-0.05, 0) is 53.7 Å². The fourth-order valence-electron chi connectivity index (χ4n) is 2.15. The molecule has 3 rings (SSSR count). The van der Waals surface area contributed by atoms with E-state index < -0.39 is 0 Å². The molecule has 1 aromatic heterocycles. The molecule has 3 aromatic rings. The third-order valence-corrected chi connectivity index (χ3v) is 3.29. The lowest BCUT2D eigenvalue weighted by Crippen LogP contribution is -2.24. The summed E-state index contributed by atoms with van der Waals surface area (Å²) in [7, 11) is 0. The molecule has 0 aliphatic carbocycles. The zero-order chi connectivity index (χ0) is 16.2. The van der Waals surface area contributed by atoms with E-state index in [1.807, 2.05) is 19.1 Å². The van der Waals surface area contributed by atoms with Crippen molar-refractivity contribution in [3.63, 3.8) is 0 Å². The van der Waals surface area contributed by atoms with Crippen LogP contribution < -0.4 is 5.32 Å². The zero-order valence-electron chi connectivity index (χ0n) is 12.4. The molecular formula is C16H14FN5O. The van der Waals surface area contributed by atoms with Crippen molar-refractivity contribution in [2.45, 2.75) is 13.5 Å². The molecule has 1 heterocycles. The van der Waals surface area contributed by atoms with Crippen molar-refractivity contribution in [1.82, 2.24) is 25.5 Å². The number of aryl methyl sites for hydroxylation is 1. The number of aromatic nitrogens is 4. The first-order valence-corrected chi connectivity index (χ1v) is 7.01. The van der Waals surface area contributed by atoms with Gasteiger partial charge in [-0.15, -0.1) is 5.10 Å². The molecule has 0 saturated heterocycles. The van der Waals surface area contributed by atoms with Crippen LogP contribution in [-0.4, -0.2) is 26.1 Å². The highest BCUT2D eigenvalue weighted by molar-refractivity contribution is 5.94. The van der Waals surface area contributed by atoms with Crippen LogP contribution in [0, 0.1) is 12.7 Å². The molecule has 0 unspecified atom stereocenters. The number of carbonyl (C=O) groups excluding carboxylic acids is 1. The van der Waals surface area contributed by atoms with E-state index >= 15 is 0 Å². The maximum atomic E-state index is 13.0. The summed E-state index contributed by atoms with van der Waals surface area (Å²) >= 11 is 0. The Bertz CT molecular complexity index is 828. The van der Waals surface area contributed by atoms with Gasteiger partial charge in [0.25, 0.3) is 5.91 Å². The molecule has 6 nitrogen and oxygen atoms in total. The number of rotatable bonds is 4. The third kappa shape index (κ3) is 3.39. The third-order valence-electron chi connectivity index (χ3n) is 3.29. The van der Waals surface area contributed by atoms with E-state index in [9.17, 15) is 9.18 Å². The van der Waals surface area contributed by atoms with Crippen molar-refractivity contribution in [3.05, 3.63) is 71.3 Å². The number of nitrogens with one attached hydrogen (secondary N) is 1. The zero-order valence-corrected chi connectivity index (χ0v) is 12.4.